The second-order valence-corrected chi connectivity index (χ2v) is 7.50. The first-order chi connectivity index (χ1) is 13.5. The van der Waals surface area contributed by atoms with Gasteiger partial charge in [-0.25, -0.2) is 0 Å². The van der Waals surface area contributed by atoms with Crippen LogP contribution in [0.5, 0.6) is 11.5 Å². The van der Waals surface area contributed by atoms with Crippen LogP contribution in [0.3, 0.4) is 0 Å². The average molecular weight is 403 g/mol. The van der Waals surface area contributed by atoms with Gasteiger partial charge >= 0.3 is 0 Å². The Bertz CT molecular complexity index is 819. The number of methoxy groups -OCH3 is 2. The lowest BCUT2D eigenvalue weighted by Crippen LogP contribution is -2.49. The molecule has 2 aromatic rings. The standard InChI is InChI=1S/C22H27ClN2O3/c1-16(20-8-7-19(27-2)15-21(20)28-3)13-22(26)25-11-9-24(10-12-25)18-6-4-5-17(23)14-18/h4-8,14-16H,9-13H2,1-3H3. The van der Waals surface area contributed by atoms with Crippen molar-refractivity contribution >= 4 is 23.2 Å². The maximum absolute atomic E-state index is 12.8. The van der Waals surface area contributed by atoms with Gasteiger partial charge in [-0.05, 0) is 35.7 Å². The van der Waals surface area contributed by atoms with Crippen LogP contribution in [0.15, 0.2) is 42.5 Å². The summed E-state index contributed by atoms with van der Waals surface area (Å²) in [6.07, 6.45) is 0.458. The van der Waals surface area contributed by atoms with Crippen LogP contribution in [-0.2, 0) is 4.79 Å². The smallest absolute Gasteiger partial charge is 0.223 e. The summed E-state index contributed by atoms with van der Waals surface area (Å²) in [4.78, 5) is 17.0. The number of hydrogen-bond acceptors (Lipinski definition) is 4. The molecule has 28 heavy (non-hydrogen) atoms. The molecular weight excluding hydrogens is 376 g/mol. The van der Waals surface area contributed by atoms with Crippen molar-refractivity contribution in [1.29, 1.82) is 0 Å². The normalized spacial score (nSPS) is 15.3. The van der Waals surface area contributed by atoms with Crippen molar-refractivity contribution in [1.82, 2.24) is 4.90 Å². The largest absolute Gasteiger partial charge is 0.497 e. The predicted molar refractivity (Wildman–Crippen MR) is 113 cm³/mol. The number of carbonyl (C=O) groups is 1. The first kappa shape index (κ1) is 20.3. The van der Waals surface area contributed by atoms with Crippen LogP contribution in [0.2, 0.25) is 5.02 Å². The number of halogens is 1. The van der Waals surface area contributed by atoms with Crippen LogP contribution in [0, 0.1) is 0 Å². The number of nitrogens with zero attached hydrogens (tertiary/aromatic N) is 2. The van der Waals surface area contributed by atoms with Crippen LogP contribution in [0.25, 0.3) is 0 Å². The lowest BCUT2D eigenvalue weighted by Gasteiger charge is -2.36. The van der Waals surface area contributed by atoms with Crippen LogP contribution >= 0.6 is 11.6 Å². The highest BCUT2D eigenvalue weighted by Crippen LogP contribution is 2.32. The van der Waals surface area contributed by atoms with Crippen LogP contribution in [-0.4, -0.2) is 51.2 Å². The van der Waals surface area contributed by atoms with Gasteiger partial charge < -0.3 is 19.3 Å². The molecule has 1 aliphatic rings. The quantitative estimate of drug-likeness (QED) is 0.726. The van der Waals surface area contributed by atoms with E-state index in [1.165, 1.54) is 0 Å². The van der Waals surface area contributed by atoms with E-state index in [0.717, 1.165) is 54.0 Å². The van der Waals surface area contributed by atoms with E-state index in [4.69, 9.17) is 21.1 Å². The van der Waals surface area contributed by atoms with E-state index >= 15 is 0 Å². The van der Waals surface area contributed by atoms with E-state index in [1.807, 2.05) is 41.3 Å². The summed E-state index contributed by atoms with van der Waals surface area (Å²) in [5, 5.41) is 0.735. The number of hydrogen-bond donors (Lipinski definition) is 0. The lowest BCUT2D eigenvalue weighted by molar-refractivity contribution is -0.131. The zero-order valence-corrected chi connectivity index (χ0v) is 17.4. The summed E-state index contributed by atoms with van der Waals surface area (Å²) < 4.78 is 10.7. The molecule has 3 rings (SSSR count). The number of amides is 1. The highest BCUT2D eigenvalue weighted by Gasteiger charge is 2.24. The number of benzene rings is 2. The summed E-state index contributed by atoms with van der Waals surface area (Å²) in [6.45, 7) is 5.12. The van der Waals surface area contributed by atoms with E-state index in [0.29, 0.717) is 6.42 Å². The van der Waals surface area contributed by atoms with Gasteiger partial charge in [-0.3, -0.25) is 4.79 Å². The Kier molecular flexibility index (Phi) is 6.68. The van der Waals surface area contributed by atoms with Gasteiger partial charge in [-0.15, -0.1) is 0 Å². The minimum Gasteiger partial charge on any atom is -0.497 e. The van der Waals surface area contributed by atoms with Crippen molar-refractivity contribution in [3.8, 4) is 11.5 Å². The van der Waals surface area contributed by atoms with Gasteiger partial charge in [0.2, 0.25) is 5.91 Å². The minimum atomic E-state index is 0.0688. The Morgan fingerprint density at radius 2 is 1.82 bits per heavy atom. The lowest BCUT2D eigenvalue weighted by atomic mass is 9.95. The maximum Gasteiger partial charge on any atom is 0.223 e. The van der Waals surface area contributed by atoms with E-state index in [9.17, 15) is 4.79 Å². The molecule has 0 radical (unpaired) electrons. The Labute approximate surface area is 171 Å². The van der Waals surface area contributed by atoms with Gasteiger partial charge in [0.25, 0.3) is 0 Å². The zero-order chi connectivity index (χ0) is 20.1. The highest BCUT2D eigenvalue weighted by atomic mass is 35.5. The van der Waals surface area contributed by atoms with E-state index in [2.05, 4.69) is 17.9 Å². The molecule has 1 fully saturated rings. The molecule has 1 amide bonds. The van der Waals surface area contributed by atoms with Crippen molar-refractivity contribution in [3.63, 3.8) is 0 Å². The molecule has 1 heterocycles. The van der Waals surface area contributed by atoms with E-state index < -0.39 is 0 Å². The van der Waals surface area contributed by atoms with Gasteiger partial charge in [-0.1, -0.05) is 30.7 Å². The molecule has 0 bridgehead atoms. The fourth-order valence-corrected chi connectivity index (χ4v) is 3.80. The van der Waals surface area contributed by atoms with E-state index in [-0.39, 0.29) is 11.8 Å². The third-order valence-electron chi connectivity index (χ3n) is 5.26. The number of anilines is 1. The molecule has 1 aliphatic heterocycles. The summed E-state index contributed by atoms with van der Waals surface area (Å²) in [6, 6.07) is 13.6. The third-order valence-corrected chi connectivity index (χ3v) is 5.49. The summed E-state index contributed by atoms with van der Waals surface area (Å²) in [7, 11) is 3.27. The number of piperazine rings is 1. The Balaban J connectivity index is 1.58. The predicted octanol–water partition coefficient (Wildman–Crippen LogP) is 4.20. The second kappa shape index (κ2) is 9.20. The van der Waals surface area contributed by atoms with Crippen LogP contribution < -0.4 is 14.4 Å². The van der Waals surface area contributed by atoms with Gasteiger partial charge in [0.1, 0.15) is 11.5 Å². The molecule has 1 atom stereocenters. The van der Waals surface area contributed by atoms with Crippen molar-refractivity contribution in [2.45, 2.75) is 19.3 Å². The number of carbonyl (C=O) groups excluding carboxylic acids is 1. The van der Waals surface area contributed by atoms with Crippen molar-refractivity contribution in [3.05, 3.63) is 53.1 Å². The first-order valence-corrected chi connectivity index (χ1v) is 9.90. The van der Waals surface area contributed by atoms with Crippen molar-refractivity contribution in [2.24, 2.45) is 0 Å². The topological polar surface area (TPSA) is 42.0 Å². The fraction of sp³-hybridized carbons (Fsp3) is 0.409. The highest BCUT2D eigenvalue weighted by molar-refractivity contribution is 6.30. The molecule has 1 unspecified atom stereocenters. The Morgan fingerprint density at radius 1 is 1.07 bits per heavy atom. The van der Waals surface area contributed by atoms with Gasteiger partial charge in [0.05, 0.1) is 14.2 Å². The summed E-state index contributed by atoms with van der Waals surface area (Å²) in [5.74, 6) is 1.75. The molecule has 0 saturated carbocycles. The minimum absolute atomic E-state index is 0.0688. The van der Waals surface area contributed by atoms with Crippen LogP contribution in [0.1, 0.15) is 24.8 Å². The second-order valence-electron chi connectivity index (χ2n) is 7.06. The molecule has 1 saturated heterocycles. The molecule has 6 heteroatoms. The number of ether oxygens (including phenoxy) is 2. The van der Waals surface area contributed by atoms with Gasteiger partial charge in [0, 0.05) is 49.4 Å². The van der Waals surface area contributed by atoms with Gasteiger partial charge in [0.15, 0.2) is 0 Å². The zero-order valence-electron chi connectivity index (χ0n) is 16.7. The summed E-state index contributed by atoms with van der Waals surface area (Å²) in [5.41, 5.74) is 2.13. The van der Waals surface area contributed by atoms with Crippen LogP contribution in [0.4, 0.5) is 5.69 Å². The maximum atomic E-state index is 12.8. The molecule has 2 aromatic carbocycles. The number of rotatable bonds is 6. The monoisotopic (exact) mass is 402 g/mol. The molecule has 150 valence electrons. The fourth-order valence-electron chi connectivity index (χ4n) is 3.61. The molecule has 0 aliphatic carbocycles. The summed E-state index contributed by atoms with van der Waals surface area (Å²) >= 11 is 6.09. The SMILES string of the molecule is COc1ccc(C(C)CC(=O)N2CCN(c3cccc(Cl)c3)CC2)c(OC)c1. The van der Waals surface area contributed by atoms with Crippen molar-refractivity contribution < 1.29 is 14.3 Å². The molecule has 0 spiro atoms. The Morgan fingerprint density at radius 3 is 2.46 bits per heavy atom. The van der Waals surface area contributed by atoms with Crippen molar-refractivity contribution in [2.75, 3.05) is 45.3 Å². The third kappa shape index (κ3) is 4.71. The molecule has 0 aromatic heterocycles. The molecule has 5 nitrogen and oxygen atoms in total. The van der Waals surface area contributed by atoms with Gasteiger partial charge in [-0.2, -0.15) is 0 Å². The first-order valence-electron chi connectivity index (χ1n) is 9.52. The average Bonchev–Trinajstić information content (AvgIpc) is 2.73. The Hall–Kier alpha value is -2.40. The molecular formula is C22H27ClN2O3. The molecule has 0 N–H and O–H groups in total. The van der Waals surface area contributed by atoms with E-state index in [1.54, 1.807) is 14.2 Å².